The summed E-state index contributed by atoms with van der Waals surface area (Å²) in [5.41, 5.74) is 1.98. The molecule has 1 fully saturated rings. The van der Waals surface area contributed by atoms with Crippen LogP contribution in [-0.4, -0.2) is 29.2 Å². The third kappa shape index (κ3) is 3.36. The molecule has 22 heavy (non-hydrogen) atoms. The number of hydrogen-bond acceptors (Lipinski definition) is 4. The van der Waals surface area contributed by atoms with Crippen LogP contribution in [0.25, 0.3) is 10.9 Å². The van der Waals surface area contributed by atoms with Crippen LogP contribution < -0.4 is 5.32 Å². The van der Waals surface area contributed by atoms with E-state index in [1.165, 1.54) is 0 Å². The van der Waals surface area contributed by atoms with Gasteiger partial charge in [0.25, 0.3) is 0 Å². The molecule has 0 atom stereocenters. The summed E-state index contributed by atoms with van der Waals surface area (Å²) in [5.74, 6) is 0.820. The number of hydrogen-bond donors (Lipinski definition) is 1. The Kier molecular flexibility index (Phi) is 4.85. The highest BCUT2D eigenvalue weighted by Gasteiger charge is 2.22. The van der Waals surface area contributed by atoms with Gasteiger partial charge in [-0.1, -0.05) is 15.9 Å². The van der Waals surface area contributed by atoms with Gasteiger partial charge < -0.3 is 10.1 Å². The zero-order valence-corrected chi connectivity index (χ0v) is 15.0. The Balaban J connectivity index is 1.90. The lowest BCUT2D eigenvalue weighted by molar-refractivity contribution is 0.0681. The molecule has 118 valence electrons. The standard InChI is InChI=1S/C16H19BrClN3O/c1-9-7-10(17)8-13-14(9)20-16(18)21-15(13)19-11-3-5-12(22-2)6-4-11/h7-8,11-12H,3-6H2,1-2H3,(H,19,20,21)/t11-,12+. The minimum atomic E-state index is 0.283. The number of ether oxygens (including phenoxy) is 1. The molecule has 0 aliphatic heterocycles. The molecule has 0 saturated heterocycles. The number of aromatic nitrogens is 2. The first-order chi connectivity index (χ1) is 10.6. The van der Waals surface area contributed by atoms with Crippen molar-refractivity contribution < 1.29 is 4.74 Å². The van der Waals surface area contributed by atoms with E-state index in [0.29, 0.717) is 12.1 Å². The number of halogens is 2. The second kappa shape index (κ2) is 6.69. The molecule has 1 heterocycles. The van der Waals surface area contributed by atoms with Crippen molar-refractivity contribution in [2.75, 3.05) is 12.4 Å². The number of aryl methyl sites for hydroxylation is 1. The molecule has 1 saturated carbocycles. The highest BCUT2D eigenvalue weighted by Crippen LogP contribution is 2.31. The lowest BCUT2D eigenvalue weighted by Gasteiger charge is -2.28. The molecule has 0 spiro atoms. The summed E-state index contributed by atoms with van der Waals surface area (Å²) in [4.78, 5) is 8.78. The molecular weight excluding hydrogens is 366 g/mol. The van der Waals surface area contributed by atoms with E-state index in [1.807, 2.05) is 19.1 Å². The molecule has 2 aromatic rings. The Bertz CT molecular complexity index is 687. The first kappa shape index (κ1) is 16.0. The first-order valence-electron chi connectivity index (χ1n) is 7.49. The molecule has 4 nitrogen and oxygen atoms in total. The van der Waals surface area contributed by atoms with Crippen LogP contribution in [0, 0.1) is 6.92 Å². The topological polar surface area (TPSA) is 47.0 Å². The lowest BCUT2D eigenvalue weighted by atomic mass is 9.93. The fraction of sp³-hybridized carbons (Fsp3) is 0.500. The zero-order chi connectivity index (χ0) is 15.7. The third-order valence-corrected chi connectivity index (χ3v) is 4.90. The number of methoxy groups -OCH3 is 1. The summed E-state index contributed by atoms with van der Waals surface area (Å²) in [6.45, 7) is 2.03. The van der Waals surface area contributed by atoms with Crippen molar-refractivity contribution in [2.24, 2.45) is 0 Å². The normalized spacial score (nSPS) is 22.0. The van der Waals surface area contributed by atoms with Gasteiger partial charge in [-0.15, -0.1) is 0 Å². The summed E-state index contributed by atoms with van der Waals surface area (Å²) < 4.78 is 6.45. The van der Waals surface area contributed by atoms with E-state index >= 15 is 0 Å². The number of anilines is 1. The highest BCUT2D eigenvalue weighted by molar-refractivity contribution is 9.10. The van der Waals surface area contributed by atoms with Crippen molar-refractivity contribution in [2.45, 2.75) is 44.8 Å². The van der Waals surface area contributed by atoms with E-state index in [9.17, 15) is 0 Å². The van der Waals surface area contributed by atoms with Crippen molar-refractivity contribution >= 4 is 44.3 Å². The maximum Gasteiger partial charge on any atom is 0.224 e. The second-order valence-corrected chi connectivity index (χ2v) is 7.07. The summed E-state index contributed by atoms with van der Waals surface area (Å²) in [6.07, 6.45) is 4.70. The number of rotatable bonds is 3. The maximum atomic E-state index is 6.10. The number of nitrogens with one attached hydrogen (secondary N) is 1. The fourth-order valence-corrected chi connectivity index (χ4v) is 3.82. The molecule has 0 unspecified atom stereocenters. The minimum absolute atomic E-state index is 0.283. The molecule has 0 radical (unpaired) electrons. The van der Waals surface area contributed by atoms with Crippen molar-refractivity contribution in [1.82, 2.24) is 9.97 Å². The first-order valence-corrected chi connectivity index (χ1v) is 8.66. The van der Waals surface area contributed by atoms with Crippen LogP contribution in [0.5, 0.6) is 0 Å². The van der Waals surface area contributed by atoms with Gasteiger partial charge in [-0.25, -0.2) is 9.97 Å². The number of nitrogens with zero attached hydrogens (tertiary/aromatic N) is 2. The van der Waals surface area contributed by atoms with Crippen LogP contribution in [0.1, 0.15) is 31.2 Å². The van der Waals surface area contributed by atoms with E-state index in [4.69, 9.17) is 16.3 Å². The molecular formula is C16H19BrClN3O. The quantitative estimate of drug-likeness (QED) is 0.778. The molecule has 1 aromatic heterocycles. The van der Waals surface area contributed by atoms with Crippen LogP contribution >= 0.6 is 27.5 Å². The summed E-state index contributed by atoms with van der Waals surface area (Å²) in [5, 5.41) is 4.84. The number of fused-ring (bicyclic) bond motifs is 1. The molecule has 1 aliphatic carbocycles. The van der Waals surface area contributed by atoms with E-state index in [2.05, 4.69) is 31.2 Å². The van der Waals surface area contributed by atoms with Gasteiger partial charge in [0.15, 0.2) is 0 Å². The predicted molar refractivity (Wildman–Crippen MR) is 93.7 cm³/mol. The second-order valence-electron chi connectivity index (χ2n) is 5.81. The average Bonchev–Trinajstić information content (AvgIpc) is 2.49. The van der Waals surface area contributed by atoms with E-state index in [1.54, 1.807) is 7.11 Å². The Morgan fingerprint density at radius 3 is 2.64 bits per heavy atom. The molecule has 3 rings (SSSR count). The predicted octanol–water partition coefficient (Wildman–Crippen LogP) is 4.72. The smallest absolute Gasteiger partial charge is 0.224 e. The molecule has 0 amide bonds. The zero-order valence-electron chi connectivity index (χ0n) is 12.7. The van der Waals surface area contributed by atoms with Gasteiger partial charge in [-0.3, -0.25) is 0 Å². The highest BCUT2D eigenvalue weighted by atomic mass is 79.9. The average molecular weight is 385 g/mol. The van der Waals surface area contributed by atoms with Gasteiger partial charge in [0.05, 0.1) is 11.6 Å². The molecule has 1 aromatic carbocycles. The Labute approximate surface area is 143 Å². The van der Waals surface area contributed by atoms with E-state index in [-0.39, 0.29) is 5.28 Å². The monoisotopic (exact) mass is 383 g/mol. The van der Waals surface area contributed by atoms with E-state index < -0.39 is 0 Å². The van der Waals surface area contributed by atoms with E-state index in [0.717, 1.165) is 52.4 Å². The summed E-state index contributed by atoms with van der Waals surface area (Å²) in [7, 11) is 1.79. The Hall–Kier alpha value is -0.910. The SMILES string of the molecule is CO[C@H]1CC[C@@H](Nc2nc(Cl)nc3c(C)cc(Br)cc23)CC1. The van der Waals surface area contributed by atoms with Gasteiger partial charge >= 0.3 is 0 Å². The Morgan fingerprint density at radius 2 is 1.95 bits per heavy atom. The van der Waals surface area contributed by atoms with Crippen LogP contribution in [0.2, 0.25) is 5.28 Å². The van der Waals surface area contributed by atoms with Crippen molar-refractivity contribution in [3.63, 3.8) is 0 Å². The molecule has 1 N–H and O–H groups in total. The van der Waals surface area contributed by atoms with Gasteiger partial charge in [0, 0.05) is 23.0 Å². The van der Waals surface area contributed by atoms with Crippen molar-refractivity contribution in [3.05, 3.63) is 27.5 Å². The summed E-state index contributed by atoms with van der Waals surface area (Å²) >= 11 is 9.65. The fourth-order valence-electron chi connectivity index (χ4n) is 3.08. The van der Waals surface area contributed by atoms with Crippen molar-refractivity contribution in [1.29, 1.82) is 0 Å². The largest absolute Gasteiger partial charge is 0.381 e. The van der Waals surface area contributed by atoms with Crippen molar-refractivity contribution in [3.8, 4) is 0 Å². The number of benzene rings is 1. The van der Waals surface area contributed by atoms with Crippen LogP contribution in [0.3, 0.4) is 0 Å². The van der Waals surface area contributed by atoms with Crippen LogP contribution in [0.4, 0.5) is 5.82 Å². The minimum Gasteiger partial charge on any atom is -0.381 e. The Morgan fingerprint density at radius 1 is 1.23 bits per heavy atom. The third-order valence-electron chi connectivity index (χ3n) is 4.28. The van der Waals surface area contributed by atoms with Crippen LogP contribution in [-0.2, 0) is 4.74 Å². The van der Waals surface area contributed by atoms with Gasteiger partial charge in [0.1, 0.15) is 5.82 Å². The van der Waals surface area contributed by atoms with Gasteiger partial charge in [0.2, 0.25) is 5.28 Å². The van der Waals surface area contributed by atoms with Crippen LogP contribution in [0.15, 0.2) is 16.6 Å². The molecule has 6 heteroatoms. The molecule has 0 bridgehead atoms. The molecule has 1 aliphatic rings. The van der Waals surface area contributed by atoms with Gasteiger partial charge in [-0.2, -0.15) is 0 Å². The maximum absolute atomic E-state index is 6.10. The lowest BCUT2D eigenvalue weighted by Crippen LogP contribution is -2.29. The van der Waals surface area contributed by atoms with Gasteiger partial charge in [-0.05, 0) is 61.9 Å². The summed E-state index contributed by atoms with van der Waals surface area (Å²) in [6, 6.07) is 4.49.